The molecule has 1 saturated heterocycles. The number of benzene rings is 2. The number of aryl methyl sites for hydroxylation is 1. The molecule has 3 aromatic rings. The summed E-state index contributed by atoms with van der Waals surface area (Å²) in [4.78, 5) is 27.5. The summed E-state index contributed by atoms with van der Waals surface area (Å²) in [7, 11) is -3.25. The van der Waals surface area contributed by atoms with Crippen molar-refractivity contribution in [2.24, 2.45) is 0 Å². The predicted octanol–water partition coefficient (Wildman–Crippen LogP) is 4.24. The van der Waals surface area contributed by atoms with Crippen LogP contribution in [0.2, 0.25) is 10.0 Å². The van der Waals surface area contributed by atoms with Crippen LogP contribution in [0.25, 0.3) is 11.0 Å². The molecule has 1 fully saturated rings. The number of sulfone groups is 1. The highest BCUT2D eigenvalue weighted by molar-refractivity contribution is 7.91. The van der Waals surface area contributed by atoms with Gasteiger partial charge in [-0.25, -0.2) is 8.42 Å². The molecule has 0 spiro atoms. The van der Waals surface area contributed by atoms with Crippen molar-refractivity contribution in [2.75, 3.05) is 11.5 Å². The highest BCUT2D eigenvalue weighted by Gasteiger charge is 2.36. The molecule has 1 unspecified atom stereocenters. The monoisotopic (exact) mass is 479 g/mol. The van der Waals surface area contributed by atoms with Gasteiger partial charge < -0.3 is 9.32 Å². The number of halogens is 2. The van der Waals surface area contributed by atoms with Gasteiger partial charge >= 0.3 is 0 Å². The first kappa shape index (κ1) is 21.9. The van der Waals surface area contributed by atoms with Gasteiger partial charge in [-0.2, -0.15) is 0 Å². The van der Waals surface area contributed by atoms with E-state index in [0.717, 1.165) is 6.07 Å². The van der Waals surface area contributed by atoms with Crippen LogP contribution in [0.1, 0.15) is 28.1 Å². The molecule has 0 N–H and O–H groups in total. The van der Waals surface area contributed by atoms with Crippen molar-refractivity contribution in [3.63, 3.8) is 0 Å². The Balaban J connectivity index is 1.77. The second-order valence-corrected chi connectivity index (χ2v) is 10.7. The highest BCUT2D eigenvalue weighted by Crippen LogP contribution is 2.27. The zero-order valence-corrected chi connectivity index (χ0v) is 18.9. The van der Waals surface area contributed by atoms with Crippen LogP contribution in [0.3, 0.4) is 0 Å². The van der Waals surface area contributed by atoms with Crippen molar-refractivity contribution in [1.82, 2.24) is 4.90 Å². The van der Waals surface area contributed by atoms with Crippen LogP contribution < -0.4 is 5.43 Å². The first-order chi connectivity index (χ1) is 14.6. The number of amides is 1. The van der Waals surface area contributed by atoms with Crippen LogP contribution in [-0.2, 0) is 16.4 Å². The van der Waals surface area contributed by atoms with Crippen molar-refractivity contribution in [2.45, 2.75) is 25.9 Å². The van der Waals surface area contributed by atoms with Crippen molar-refractivity contribution in [3.05, 3.63) is 79.6 Å². The van der Waals surface area contributed by atoms with Crippen LogP contribution in [0, 0.1) is 6.92 Å². The highest BCUT2D eigenvalue weighted by atomic mass is 35.5. The lowest BCUT2D eigenvalue weighted by atomic mass is 10.1. The van der Waals surface area contributed by atoms with Crippen molar-refractivity contribution >= 4 is 49.9 Å². The molecule has 0 aliphatic carbocycles. The average Bonchev–Trinajstić information content (AvgIpc) is 3.07. The lowest BCUT2D eigenvalue weighted by Gasteiger charge is -2.28. The zero-order chi connectivity index (χ0) is 22.3. The normalized spacial score (nSPS) is 17.7. The topological polar surface area (TPSA) is 84.7 Å². The van der Waals surface area contributed by atoms with E-state index in [0.29, 0.717) is 27.6 Å². The molecule has 31 heavy (non-hydrogen) atoms. The third-order valence-corrected chi connectivity index (χ3v) is 7.95. The van der Waals surface area contributed by atoms with Gasteiger partial charge in [0.15, 0.2) is 21.0 Å². The van der Waals surface area contributed by atoms with E-state index in [1.54, 1.807) is 37.3 Å². The number of hydrogen-bond acceptors (Lipinski definition) is 5. The molecule has 6 nitrogen and oxygen atoms in total. The number of carbonyl (C=O) groups is 1. The van der Waals surface area contributed by atoms with Crippen LogP contribution in [0.15, 0.2) is 51.7 Å². The lowest BCUT2D eigenvalue weighted by molar-refractivity contribution is 0.0648. The summed E-state index contributed by atoms with van der Waals surface area (Å²) in [6.45, 7) is 1.86. The number of nitrogens with zero attached hydrogens (tertiary/aromatic N) is 1. The lowest BCUT2D eigenvalue weighted by Crippen LogP contribution is -2.41. The summed E-state index contributed by atoms with van der Waals surface area (Å²) < 4.78 is 29.9. The van der Waals surface area contributed by atoms with Gasteiger partial charge in [0, 0.05) is 28.7 Å². The molecule has 1 amide bonds. The first-order valence-electron chi connectivity index (χ1n) is 9.63. The quantitative estimate of drug-likeness (QED) is 0.558. The Labute approximate surface area is 189 Å². The largest absolute Gasteiger partial charge is 0.451 e. The van der Waals surface area contributed by atoms with Gasteiger partial charge in [0.25, 0.3) is 5.91 Å². The average molecular weight is 480 g/mol. The summed E-state index contributed by atoms with van der Waals surface area (Å²) in [5, 5.41) is 1.16. The predicted molar refractivity (Wildman–Crippen MR) is 121 cm³/mol. The summed E-state index contributed by atoms with van der Waals surface area (Å²) in [6.07, 6.45) is 0.311. The van der Waals surface area contributed by atoms with Gasteiger partial charge in [-0.05, 0) is 42.7 Å². The van der Waals surface area contributed by atoms with E-state index in [1.807, 2.05) is 0 Å². The van der Waals surface area contributed by atoms with Crippen molar-refractivity contribution in [1.29, 1.82) is 0 Å². The molecule has 4 rings (SSSR count). The Morgan fingerprint density at radius 1 is 1.16 bits per heavy atom. The zero-order valence-electron chi connectivity index (χ0n) is 16.6. The van der Waals surface area contributed by atoms with E-state index in [4.69, 9.17) is 27.6 Å². The maximum absolute atomic E-state index is 13.4. The molecule has 162 valence electrons. The van der Waals surface area contributed by atoms with Gasteiger partial charge in [0.05, 0.1) is 16.9 Å². The van der Waals surface area contributed by atoms with Crippen LogP contribution >= 0.6 is 23.2 Å². The molecule has 2 heterocycles. The molecular weight excluding hydrogens is 461 g/mol. The molecule has 0 radical (unpaired) electrons. The van der Waals surface area contributed by atoms with Crippen molar-refractivity contribution in [3.8, 4) is 0 Å². The first-order valence-corrected chi connectivity index (χ1v) is 12.2. The molecular formula is C22H19Cl2NO5S. The fourth-order valence-electron chi connectivity index (χ4n) is 3.72. The van der Waals surface area contributed by atoms with Crippen LogP contribution in [0.4, 0.5) is 0 Å². The number of fused-ring (bicyclic) bond motifs is 1. The molecule has 2 aromatic carbocycles. The van der Waals surface area contributed by atoms with Crippen LogP contribution in [-0.4, -0.2) is 36.8 Å². The third-order valence-electron chi connectivity index (χ3n) is 5.43. The standard InChI is InChI=1S/C22H19Cl2NO5S/c1-13-8-20-16(9-18(13)24)19(26)10-21(30-20)22(27)25(15-6-7-31(28,29)12-15)11-14-4-2-3-5-17(14)23/h2-5,8-10,15H,6-7,11-12H2,1H3. The van der Waals surface area contributed by atoms with E-state index < -0.39 is 27.2 Å². The molecule has 1 aliphatic rings. The molecule has 0 bridgehead atoms. The fourth-order valence-corrected chi connectivity index (χ4v) is 5.81. The number of hydrogen-bond donors (Lipinski definition) is 0. The maximum Gasteiger partial charge on any atom is 0.290 e. The molecule has 1 aromatic heterocycles. The minimum absolute atomic E-state index is 0.00330. The Kier molecular flexibility index (Phi) is 5.85. The fraction of sp³-hybridized carbons (Fsp3) is 0.273. The van der Waals surface area contributed by atoms with E-state index in [2.05, 4.69) is 0 Å². The SMILES string of the molecule is Cc1cc2oc(C(=O)N(Cc3ccccc3Cl)C3CCS(=O)(=O)C3)cc(=O)c2cc1Cl. The van der Waals surface area contributed by atoms with Crippen molar-refractivity contribution < 1.29 is 17.6 Å². The Morgan fingerprint density at radius 2 is 1.90 bits per heavy atom. The Morgan fingerprint density at radius 3 is 2.58 bits per heavy atom. The summed E-state index contributed by atoms with van der Waals surface area (Å²) >= 11 is 12.4. The Bertz CT molecular complexity index is 1350. The Hall–Kier alpha value is -2.35. The second-order valence-electron chi connectivity index (χ2n) is 7.65. The second kappa shape index (κ2) is 8.30. The summed E-state index contributed by atoms with van der Waals surface area (Å²) in [5.41, 5.74) is 1.22. The molecule has 0 saturated carbocycles. The number of rotatable bonds is 4. The number of carbonyl (C=O) groups excluding carboxylic acids is 1. The van der Waals surface area contributed by atoms with E-state index in [1.165, 1.54) is 11.0 Å². The molecule has 1 atom stereocenters. The van der Waals surface area contributed by atoms with Gasteiger partial charge in [0.2, 0.25) is 0 Å². The molecule has 9 heteroatoms. The summed E-state index contributed by atoms with van der Waals surface area (Å²) in [5.74, 6) is -0.858. The minimum Gasteiger partial charge on any atom is -0.451 e. The van der Waals surface area contributed by atoms with E-state index in [-0.39, 0.29) is 34.8 Å². The third kappa shape index (κ3) is 4.49. The van der Waals surface area contributed by atoms with Gasteiger partial charge in [-0.3, -0.25) is 9.59 Å². The van der Waals surface area contributed by atoms with Gasteiger partial charge in [-0.15, -0.1) is 0 Å². The minimum atomic E-state index is -3.25. The molecule has 1 aliphatic heterocycles. The van der Waals surface area contributed by atoms with E-state index in [9.17, 15) is 18.0 Å². The maximum atomic E-state index is 13.4. The van der Waals surface area contributed by atoms with Gasteiger partial charge in [-0.1, -0.05) is 41.4 Å². The van der Waals surface area contributed by atoms with Crippen LogP contribution in [0.5, 0.6) is 0 Å². The van der Waals surface area contributed by atoms with E-state index >= 15 is 0 Å². The van der Waals surface area contributed by atoms with Gasteiger partial charge in [0.1, 0.15) is 5.58 Å². The smallest absolute Gasteiger partial charge is 0.290 e. The summed E-state index contributed by atoms with van der Waals surface area (Å²) in [6, 6.07) is 10.7.